The first-order valence-electron chi connectivity index (χ1n) is 7.13. The second kappa shape index (κ2) is 7.72. The molecule has 0 saturated heterocycles. The molecule has 0 fully saturated rings. The molecule has 122 valence electrons. The van der Waals surface area contributed by atoms with Crippen molar-refractivity contribution in [3.8, 4) is 11.5 Å². The molecule has 0 radical (unpaired) electrons. The number of rotatable bonds is 7. The van der Waals surface area contributed by atoms with Crippen LogP contribution in [0.3, 0.4) is 0 Å². The molecule has 0 N–H and O–H groups in total. The topological polar surface area (TPSA) is 18.5 Å². The Morgan fingerprint density at radius 3 is 1.74 bits per heavy atom. The Hall–Kier alpha value is -2.43. The average Bonchev–Trinajstić information content (AvgIpc) is 2.52. The van der Waals surface area contributed by atoms with Crippen molar-refractivity contribution >= 4 is 0 Å². The van der Waals surface area contributed by atoms with Gasteiger partial charge in [0.2, 0.25) is 0 Å². The Bertz CT molecular complexity index is 616. The molecule has 0 heterocycles. The van der Waals surface area contributed by atoms with Crippen molar-refractivity contribution in [2.24, 2.45) is 0 Å². The van der Waals surface area contributed by atoms with Crippen molar-refractivity contribution in [1.82, 2.24) is 0 Å². The maximum absolute atomic E-state index is 12.1. The second-order valence-electron chi connectivity index (χ2n) is 4.94. The summed E-state index contributed by atoms with van der Waals surface area (Å²) in [6.07, 6.45) is -1.45. The van der Waals surface area contributed by atoms with Crippen LogP contribution in [0.15, 0.2) is 61.2 Å². The molecule has 0 amide bonds. The van der Waals surface area contributed by atoms with Crippen LogP contribution >= 0.6 is 0 Å². The van der Waals surface area contributed by atoms with Gasteiger partial charge in [-0.2, -0.15) is 0 Å². The van der Waals surface area contributed by atoms with Crippen LogP contribution in [0, 0.1) is 0 Å². The quantitative estimate of drug-likeness (QED) is 0.673. The fourth-order valence-electron chi connectivity index (χ4n) is 2.05. The van der Waals surface area contributed by atoms with Crippen molar-refractivity contribution in [3.63, 3.8) is 0 Å². The first kappa shape index (κ1) is 16.9. The Kier molecular flexibility index (Phi) is 5.68. The Morgan fingerprint density at radius 1 is 0.826 bits per heavy atom. The summed E-state index contributed by atoms with van der Waals surface area (Å²) in [4.78, 5) is 0. The van der Waals surface area contributed by atoms with Gasteiger partial charge in [-0.05, 0) is 48.2 Å². The number of aryl methyl sites for hydroxylation is 2. The van der Waals surface area contributed by atoms with Gasteiger partial charge in [-0.3, -0.25) is 0 Å². The SMILES string of the molecule is C=CCOc1ccc(CCc2ccc(OC(F)(F)F)cc2)cc1. The summed E-state index contributed by atoms with van der Waals surface area (Å²) in [5.41, 5.74) is 2.08. The number of benzene rings is 2. The summed E-state index contributed by atoms with van der Waals surface area (Å²) in [7, 11) is 0. The lowest BCUT2D eigenvalue weighted by Gasteiger charge is -2.09. The molecule has 5 heteroatoms. The van der Waals surface area contributed by atoms with Gasteiger partial charge in [0.1, 0.15) is 18.1 Å². The number of halogens is 3. The Morgan fingerprint density at radius 2 is 1.30 bits per heavy atom. The molecule has 0 saturated carbocycles. The first-order chi connectivity index (χ1) is 11.0. The molecular weight excluding hydrogens is 305 g/mol. The highest BCUT2D eigenvalue weighted by atomic mass is 19.4. The molecule has 0 aliphatic heterocycles. The van der Waals surface area contributed by atoms with E-state index in [4.69, 9.17) is 4.74 Å². The van der Waals surface area contributed by atoms with Crippen molar-refractivity contribution in [1.29, 1.82) is 0 Å². The number of ether oxygens (including phenoxy) is 2. The molecule has 0 atom stereocenters. The minimum Gasteiger partial charge on any atom is -0.490 e. The lowest BCUT2D eigenvalue weighted by atomic mass is 10.0. The molecule has 0 unspecified atom stereocenters. The second-order valence-corrected chi connectivity index (χ2v) is 4.94. The van der Waals surface area contributed by atoms with Crippen molar-refractivity contribution in [2.75, 3.05) is 6.61 Å². The molecule has 0 aromatic heterocycles. The van der Waals surface area contributed by atoms with Crippen LogP contribution < -0.4 is 9.47 Å². The Labute approximate surface area is 133 Å². The summed E-state index contributed by atoms with van der Waals surface area (Å²) < 4.78 is 45.5. The van der Waals surface area contributed by atoms with E-state index in [1.807, 2.05) is 24.3 Å². The van der Waals surface area contributed by atoms with Gasteiger partial charge >= 0.3 is 6.36 Å². The van der Waals surface area contributed by atoms with E-state index in [0.29, 0.717) is 6.61 Å². The van der Waals surface area contributed by atoms with E-state index in [1.54, 1.807) is 18.2 Å². The molecule has 0 aliphatic rings. The molecule has 0 bridgehead atoms. The van der Waals surface area contributed by atoms with Crippen molar-refractivity contribution < 1.29 is 22.6 Å². The van der Waals surface area contributed by atoms with Crippen LogP contribution in [0.25, 0.3) is 0 Å². The summed E-state index contributed by atoms with van der Waals surface area (Å²) in [5, 5.41) is 0. The summed E-state index contributed by atoms with van der Waals surface area (Å²) in [5.74, 6) is 0.576. The van der Waals surface area contributed by atoms with E-state index in [1.165, 1.54) is 12.1 Å². The highest BCUT2D eigenvalue weighted by Crippen LogP contribution is 2.23. The van der Waals surface area contributed by atoms with Crippen LogP contribution in [0.5, 0.6) is 11.5 Å². The van der Waals surface area contributed by atoms with Gasteiger partial charge in [-0.25, -0.2) is 0 Å². The van der Waals surface area contributed by atoms with E-state index < -0.39 is 6.36 Å². The fourth-order valence-corrected chi connectivity index (χ4v) is 2.05. The molecule has 0 spiro atoms. The molecular formula is C18H17F3O2. The fraction of sp³-hybridized carbons (Fsp3) is 0.222. The van der Waals surface area contributed by atoms with Crippen molar-refractivity contribution in [2.45, 2.75) is 19.2 Å². The average molecular weight is 322 g/mol. The third kappa shape index (κ3) is 6.06. The maximum Gasteiger partial charge on any atom is 0.573 e. The van der Waals surface area contributed by atoms with Crippen LogP contribution in [-0.2, 0) is 12.8 Å². The molecule has 2 rings (SSSR count). The van der Waals surface area contributed by atoms with Crippen LogP contribution in [0.4, 0.5) is 13.2 Å². The minimum absolute atomic E-state index is 0.204. The number of hydrogen-bond acceptors (Lipinski definition) is 2. The monoisotopic (exact) mass is 322 g/mol. The smallest absolute Gasteiger partial charge is 0.490 e. The molecule has 2 aromatic carbocycles. The first-order valence-corrected chi connectivity index (χ1v) is 7.13. The minimum atomic E-state index is -4.66. The summed E-state index contributed by atoms with van der Waals surface area (Å²) >= 11 is 0. The predicted octanol–water partition coefficient (Wildman–Crippen LogP) is 4.94. The van der Waals surface area contributed by atoms with E-state index in [0.717, 1.165) is 29.7 Å². The predicted molar refractivity (Wildman–Crippen MR) is 82.7 cm³/mol. The lowest BCUT2D eigenvalue weighted by Crippen LogP contribution is -2.17. The molecule has 2 aromatic rings. The normalized spacial score (nSPS) is 11.1. The largest absolute Gasteiger partial charge is 0.573 e. The van der Waals surface area contributed by atoms with Gasteiger partial charge in [0.15, 0.2) is 0 Å². The van der Waals surface area contributed by atoms with E-state index in [-0.39, 0.29) is 5.75 Å². The van der Waals surface area contributed by atoms with Gasteiger partial charge in [0, 0.05) is 0 Å². The van der Waals surface area contributed by atoms with E-state index in [2.05, 4.69) is 11.3 Å². The third-order valence-electron chi connectivity index (χ3n) is 3.15. The lowest BCUT2D eigenvalue weighted by molar-refractivity contribution is -0.274. The third-order valence-corrected chi connectivity index (χ3v) is 3.15. The van der Waals surface area contributed by atoms with Crippen molar-refractivity contribution in [3.05, 3.63) is 72.3 Å². The zero-order valence-corrected chi connectivity index (χ0v) is 12.5. The van der Waals surface area contributed by atoms with Gasteiger partial charge in [-0.15, -0.1) is 13.2 Å². The number of hydrogen-bond donors (Lipinski definition) is 0. The summed E-state index contributed by atoms with van der Waals surface area (Å²) in [6.45, 7) is 4.05. The molecule has 23 heavy (non-hydrogen) atoms. The van der Waals surface area contributed by atoms with Gasteiger partial charge in [-0.1, -0.05) is 36.9 Å². The standard InChI is InChI=1S/C18H17F3O2/c1-2-13-22-16-9-5-14(6-10-16)3-4-15-7-11-17(12-8-15)23-18(19,20)21/h2,5-12H,1,3-4,13H2. The highest BCUT2D eigenvalue weighted by molar-refractivity contribution is 5.30. The molecule has 0 aliphatic carbocycles. The van der Waals surface area contributed by atoms with Crippen LogP contribution in [0.2, 0.25) is 0 Å². The molecule has 2 nitrogen and oxygen atoms in total. The maximum atomic E-state index is 12.1. The van der Waals surface area contributed by atoms with E-state index >= 15 is 0 Å². The van der Waals surface area contributed by atoms with Gasteiger partial charge in [0.25, 0.3) is 0 Å². The highest BCUT2D eigenvalue weighted by Gasteiger charge is 2.30. The van der Waals surface area contributed by atoms with Gasteiger partial charge < -0.3 is 9.47 Å². The zero-order valence-electron chi connectivity index (χ0n) is 12.5. The number of alkyl halides is 3. The summed E-state index contributed by atoms with van der Waals surface area (Å²) in [6, 6.07) is 13.7. The van der Waals surface area contributed by atoms with E-state index in [9.17, 15) is 13.2 Å². The zero-order chi connectivity index (χ0) is 16.7. The van der Waals surface area contributed by atoms with Crippen LogP contribution in [-0.4, -0.2) is 13.0 Å². The van der Waals surface area contributed by atoms with Gasteiger partial charge in [0.05, 0.1) is 0 Å². The van der Waals surface area contributed by atoms with Crippen LogP contribution in [0.1, 0.15) is 11.1 Å². The Balaban J connectivity index is 1.86.